The molecule has 0 radical (unpaired) electrons. The number of aromatic hydroxyl groups is 1. The lowest BCUT2D eigenvalue weighted by Crippen LogP contribution is -1.91. The van der Waals surface area contributed by atoms with Crippen molar-refractivity contribution in [3.8, 4) is 17.2 Å². The molecule has 1 N–H and O–H groups in total. The minimum atomic E-state index is 0.136. The van der Waals surface area contributed by atoms with E-state index < -0.39 is 0 Å². The van der Waals surface area contributed by atoms with E-state index in [1.165, 1.54) is 14.2 Å². The molecule has 0 fully saturated rings. The second-order valence-electron chi connectivity index (χ2n) is 2.47. The highest BCUT2D eigenvalue weighted by Gasteiger charge is 2.10. The van der Waals surface area contributed by atoms with Gasteiger partial charge in [-0.25, -0.2) is 0 Å². The van der Waals surface area contributed by atoms with Crippen LogP contribution < -0.4 is 9.47 Å². The largest absolute Gasteiger partial charge is 0.504 e. The predicted molar refractivity (Wildman–Crippen MR) is 45.9 cm³/mol. The Labute approximate surface area is 71.5 Å². The van der Waals surface area contributed by atoms with Crippen LogP contribution in [0.25, 0.3) is 0 Å². The molecule has 0 aliphatic rings. The van der Waals surface area contributed by atoms with Gasteiger partial charge in [0.15, 0.2) is 11.5 Å². The van der Waals surface area contributed by atoms with Crippen molar-refractivity contribution in [3.05, 3.63) is 17.7 Å². The maximum absolute atomic E-state index is 9.50. The Bertz CT molecular complexity index is 281. The van der Waals surface area contributed by atoms with E-state index in [-0.39, 0.29) is 5.75 Å². The number of phenolic OH excluding ortho intramolecular Hbond substituents is 1. The van der Waals surface area contributed by atoms with Crippen LogP contribution in [0.3, 0.4) is 0 Å². The van der Waals surface area contributed by atoms with Crippen LogP contribution in [0.5, 0.6) is 17.2 Å². The fourth-order valence-corrected chi connectivity index (χ4v) is 1.01. The molecule has 0 bridgehead atoms. The maximum atomic E-state index is 9.50. The molecule has 0 atom stereocenters. The van der Waals surface area contributed by atoms with Crippen molar-refractivity contribution in [3.63, 3.8) is 0 Å². The average molecular weight is 168 g/mol. The van der Waals surface area contributed by atoms with Gasteiger partial charge in [-0.1, -0.05) is 6.07 Å². The minimum Gasteiger partial charge on any atom is -0.504 e. The molecule has 0 unspecified atom stereocenters. The first-order chi connectivity index (χ1) is 5.70. The lowest BCUT2D eigenvalue weighted by Gasteiger charge is -2.10. The van der Waals surface area contributed by atoms with Crippen LogP contribution in [0.2, 0.25) is 0 Å². The van der Waals surface area contributed by atoms with E-state index in [9.17, 15) is 5.11 Å². The van der Waals surface area contributed by atoms with Gasteiger partial charge >= 0.3 is 0 Å². The van der Waals surface area contributed by atoms with Crippen LogP contribution in [-0.2, 0) is 0 Å². The summed E-state index contributed by atoms with van der Waals surface area (Å²) < 4.78 is 9.96. The number of hydrogen-bond acceptors (Lipinski definition) is 3. The lowest BCUT2D eigenvalue weighted by molar-refractivity contribution is 0.332. The summed E-state index contributed by atoms with van der Waals surface area (Å²) in [5.41, 5.74) is 0.771. The van der Waals surface area contributed by atoms with E-state index in [4.69, 9.17) is 9.47 Å². The van der Waals surface area contributed by atoms with Crippen LogP contribution in [0.15, 0.2) is 12.1 Å². The van der Waals surface area contributed by atoms with E-state index in [0.717, 1.165) is 5.56 Å². The van der Waals surface area contributed by atoms with E-state index in [2.05, 4.69) is 0 Å². The molecule has 0 aliphatic heterocycles. The van der Waals surface area contributed by atoms with Gasteiger partial charge < -0.3 is 14.6 Å². The van der Waals surface area contributed by atoms with Gasteiger partial charge in [0, 0.05) is 0 Å². The summed E-state index contributed by atoms with van der Waals surface area (Å²) in [7, 11) is 3.03. The molecular weight excluding hydrogens is 156 g/mol. The van der Waals surface area contributed by atoms with Crippen LogP contribution >= 0.6 is 0 Å². The second-order valence-corrected chi connectivity index (χ2v) is 2.47. The zero-order chi connectivity index (χ0) is 9.14. The number of hydrogen-bond donors (Lipinski definition) is 1. The highest BCUT2D eigenvalue weighted by molar-refractivity contribution is 5.54. The van der Waals surface area contributed by atoms with Gasteiger partial charge in [0.1, 0.15) is 0 Å². The Balaban J connectivity index is 3.25. The van der Waals surface area contributed by atoms with Gasteiger partial charge in [-0.15, -0.1) is 0 Å². The third-order valence-corrected chi connectivity index (χ3v) is 1.72. The molecule has 3 nitrogen and oxygen atoms in total. The van der Waals surface area contributed by atoms with Gasteiger partial charge in [0.25, 0.3) is 0 Å². The molecular formula is C9H12O3. The van der Waals surface area contributed by atoms with Crippen molar-refractivity contribution in [2.45, 2.75) is 6.92 Å². The number of methoxy groups -OCH3 is 2. The number of phenols is 1. The van der Waals surface area contributed by atoms with Crippen LogP contribution in [0, 0.1) is 6.92 Å². The van der Waals surface area contributed by atoms with Crippen LogP contribution in [0.4, 0.5) is 0 Å². The molecule has 3 heteroatoms. The Hall–Kier alpha value is -1.38. The molecule has 66 valence electrons. The van der Waals surface area contributed by atoms with Crippen molar-refractivity contribution in [2.75, 3.05) is 14.2 Å². The molecule has 1 aromatic rings. The zero-order valence-electron chi connectivity index (χ0n) is 7.42. The monoisotopic (exact) mass is 168 g/mol. The Morgan fingerprint density at radius 3 is 2.33 bits per heavy atom. The van der Waals surface area contributed by atoms with E-state index in [1.54, 1.807) is 19.1 Å². The van der Waals surface area contributed by atoms with Gasteiger partial charge in [-0.05, 0) is 18.6 Å². The van der Waals surface area contributed by atoms with Crippen molar-refractivity contribution in [1.29, 1.82) is 0 Å². The Kier molecular flexibility index (Phi) is 2.43. The molecule has 0 aromatic heterocycles. The van der Waals surface area contributed by atoms with Gasteiger partial charge in [0.2, 0.25) is 5.75 Å². The van der Waals surface area contributed by atoms with E-state index in [1.807, 2.05) is 0 Å². The van der Waals surface area contributed by atoms with Crippen LogP contribution in [0.1, 0.15) is 5.56 Å². The minimum absolute atomic E-state index is 0.136. The summed E-state index contributed by atoms with van der Waals surface area (Å²) in [5.74, 6) is 1.06. The van der Waals surface area contributed by atoms with Gasteiger partial charge in [-0.2, -0.15) is 0 Å². The molecule has 0 saturated heterocycles. The predicted octanol–water partition coefficient (Wildman–Crippen LogP) is 1.72. The number of rotatable bonds is 2. The Morgan fingerprint density at radius 1 is 1.17 bits per heavy atom. The molecule has 0 amide bonds. The molecule has 0 saturated carbocycles. The SMILES string of the molecule is COc1ccc(C)c(O)c1OC. The summed E-state index contributed by atoms with van der Waals surface area (Å²) >= 11 is 0. The number of aryl methyl sites for hydroxylation is 1. The topological polar surface area (TPSA) is 38.7 Å². The highest BCUT2D eigenvalue weighted by atomic mass is 16.5. The maximum Gasteiger partial charge on any atom is 0.203 e. The molecule has 0 heterocycles. The quantitative estimate of drug-likeness (QED) is 0.730. The van der Waals surface area contributed by atoms with E-state index in [0.29, 0.717) is 11.5 Å². The first kappa shape index (κ1) is 8.71. The van der Waals surface area contributed by atoms with Crippen molar-refractivity contribution < 1.29 is 14.6 Å². The third kappa shape index (κ3) is 1.30. The molecule has 1 aromatic carbocycles. The van der Waals surface area contributed by atoms with Gasteiger partial charge in [-0.3, -0.25) is 0 Å². The normalized spacial score (nSPS) is 9.58. The zero-order valence-corrected chi connectivity index (χ0v) is 7.42. The summed E-state index contributed by atoms with van der Waals surface area (Å²) in [6.07, 6.45) is 0. The lowest BCUT2D eigenvalue weighted by atomic mass is 10.2. The highest BCUT2D eigenvalue weighted by Crippen LogP contribution is 2.38. The summed E-state index contributed by atoms with van der Waals surface area (Å²) in [4.78, 5) is 0. The van der Waals surface area contributed by atoms with Crippen LogP contribution in [-0.4, -0.2) is 19.3 Å². The molecule has 0 spiro atoms. The van der Waals surface area contributed by atoms with Gasteiger partial charge in [0.05, 0.1) is 14.2 Å². The standard InChI is InChI=1S/C9H12O3/c1-6-4-5-7(11-2)9(12-3)8(6)10/h4-5,10H,1-3H3. The first-order valence-corrected chi connectivity index (χ1v) is 3.61. The molecule has 1 rings (SSSR count). The average Bonchev–Trinajstić information content (AvgIpc) is 2.09. The summed E-state index contributed by atoms with van der Waals surface area (Å²) in [5, 5.41) is 9.50. The third-order valence-electron chi connectivity index (χ3n) is 1.72. The summed E-state index contributed by atoms with van der Waals surface area (Å²) in [6.45, 7) is 1.80. The summed E-state index contributed by atoms with van der Waals surface area (Å²) in [6, 6.07) is 3.53. The van der Waals surface area contributed by atoms with E-state index >= 15 is 0 Å². The van der Waals surface area contributed by atoms with Crippen molar-refractivity contribution >= 4 is 0 Å². The molecule has 12 heavy (non-hydrogen) atoms. The van der Waals surface area contributed by atoms with Crippen molar-refractivity contribution in [2.24, 2.45) is 0 Å². The van der Waals surface area contributed by atoms with Crippen molar-refractivity contribution in [1.82, 2.24) is 0 Å². The fraction of sp³-hybridized carbons (Fsp3) is 0.333. The molecule has 0 aliphatic carbocycles. The number of benzene rings is 1. The first-order valence-electron chi connectivity index (χ1n) is 3.61. The fourth-order valence-electron chi connectivity index (χ4n) is 1.01. The Morgan fingerprint density at radius 2 is 1.83 bits per heavy atom. The smallest absolute Gasteiger partial charge is 0.203 e. The number of ether oxygens (including phenoxy) is 2. The second kappa shape index (κ2) is 3.34.